The fraction of sp³-hybridized carbons (Fsp3) is 0.571. The van der Waals surface area contributed by atoms with Gasteiger partial charge in [-0.3, -0.25) is 0 Å². The van der Waals surface area contributed by atoms with E-state index in [4.69, 9.17) is 4.74 Å². The zero-order valence-electron chi connectivity index (χ0n) is 9.95. The van der Waals surface area contributed by atoms with Gasteiger partial charge in [-0.2, -0.15) is 0 Å². The number of fused-ring (bicyclic) bond motifs is 1. The van der Waals surface area contributed by atoms with Gasteiger partial charge in [0.05, 0.1) is 6.61 Å². The Kier molecular flexibility index (Phi) is 4.73. The second-order valence-electron chi connectivity index (χ2n) is 4.33. The van der Waals surface area contributed by atoms with E-state index in [1.807, 2.05) is 11.8 Å². The van der Waals surface area contributed by atoms with Gasteiger partial charge < -0.3 is 4.74 Å². The number of ether oxygens (including phenoxy) is 1. The molecule has 2 heteroatoms. The lowest BCUT2D eigenvalue weighted by molar-refractivity contribution is 0.121. The topological polar surface area (TPSA) is 9.23 Å². The average molecular weight is 236 g/mol. The Labute approximate surface area is 103 Å². The summed E-state index contributed by atoms with van der Waals surface area (Å²) >= 11 is 1.96. The van der Waals surface area contributed by atoms with E-state index in [1.54, 1.807) is 0 Å². The summed E-state index contributed by atoms with van der Waals surface area (Å²) in [7, 11) is 0. The van der Waals surface area contributed by atoms with Crippen LogP contribution in [0.3, 0.4) is 0 Å². The molecule has 0 N–H and O–H groups in total. The Morgan fingerprint density at radius 1 is 1.31 bits per heavy atom. The first-order valence-corrected chi connectivity index (χ1v) is 7.20. The van der Waals surface area contributed by atoms with Crippen molar-refractivity contribution in [1.82, 2.24) is 0 Å². The minimum atomic E-state index is 0.614. The molecule has 0 aliphatic carbocycles. The fourth-order valence-electron chi connectivity index (χ4n) is 2.05. The Morgan fingerprint density at radius 2 is 2.19 bits per heavy atom. The maximum absolute atomic E-state index is 5.76. The average Bonchev–Trinajstić information content (AvgIpc) is 2.73. The van der Waals surface area contributed by atoms with Crippen molar-refractivity contribution in [2.24, 2.45) is 0 Å². The van der Waals surface area contributed by atoms with Crippen molar-refractivity contribution in [1.29, 1.82) is 0 Å². The first-order chi connectivity index (χ1) is 7.92. The highest BCUT2D eigenvalue weighted by molar-refractivity contribution is 7.99. The number of unbranched alkanes of at least 4 members (excludes halogenated alkanes) is 2. The third-order valence-electron chi connectivity index (χ3n) is 3.01. The number of hydrogen-bond donors (Lipinski definition) is 0. The van der Waals surface area contributed by atoms with Gasteiger partial charge >= 0.3 is 0 Å². The lowest BCUT2D eigenvalue weighted by Gasteiger charge is -2.11. The third kappa shape index (κ3) is 3.02. The first kappa shape index (κ1) is 12.0. The summed E-state index contributed by atoms with van der Waals surface area (Å²) in [5, 5.41) is 0. The molecule has 0 saturated carbocycles. The molecular formula is C14H20OS. The van der Waals surface area contributed by atoms with Crippen LogP contribution in [0.25, 0.3) is 0 Å². The van der Waals surface area contributed by atoms with E-state index in [2.05, 4.69) is 31.2 Å². The van der Waals surface area contributed by atoms with Gasteiger partial charge in [-0.25, -0.2) is 0 Å². The normalized spacial score (nSPS) is 18.7. The second kappa shape index (κ2) is 6.31. The van der Waals surface area contributed by atoms with Crippen LogP contribution < -0.4 is 0 Å². The van der Waals surface area contributed by atoms with Crippen LogP contribution in [-0.2, 0) is 4.74 Å². The monoisotopic (exact) mass is 236 g/mol. The molecule has 1 aliphatic heterocycles. The highest BCUT2D eigenvalue weighted by Crippen LogP contribution is 2.39. The molecule has 88 valence electrons. The van der Waals surface area contributed by atoms with E-state index in [0.29, 0.717) is 5.92 Å². The molecule has 1 aromatic carbocycles. The maximum Gasteiger partial charge on any atom is 0.0543 e. The Hall–Kier alpha value is -0.470. The van der Waals surface area contributed by atoms with Gasteiger partial charge in [0.25, 0.3) is 0 Å². The summed E-state index contributed by atoms with van der Waals surface area (Å²) in [5.74, 6) is 1.80. The van der Waals surface area contributed by atoms with E-state index >= 15 is 0 Å². The molecule has 16 heavy (non-hydrogen) atoms. The molecule has 0 saturated heterocycles. The van der Waals surface area contributed by atoms with Crippen LogP contribution in [0, 0.1) is 0 Å². The van der Waals surface area contributed by atoms with Gasteiger partial charge in [-0.05, 0) is 18.1 Å². The molecule has 1 atom stereocenters. The minimum Gasteiger partial charge on any atom is -0.381 e. The molecule has 1 aliphatic rings. The predicted octanol–water partition coefficient (Wildman–Crippen LogP) is 4.08. The number of benzene rings is 1. The van der Waals surface area contributed by atoms with Crippen molar-refractivity contribution >= 4 is 11.8 Å². The lowest BCUT2D eigenvalue weighted by Crippen LogP contribution is -2.08. The van der Waals surface area contributed by atoms with Crippen LogP contribution in [0.1, 0.15) is 37.7 Å². The van der Waals surface area contributed by atoms with Crippen molar-refractivity contribution in [2.45, 2.75) is 37.0 Å². The summed E-state index contributed by atoms with van der Waals surface area (Å²) in [6.07, 6.45) is 3.76. The molecule has 0 radical (unpaired) electrons. The predicted molar refractivity (Wildman–Crippen MR) is 70.3 cm³/mol. The summed E-state index contributed by atoms with van der Waals surface area (Å²) in [6.45, 7) is 4.05. The van der Waals surface area contributed by atoms with E-state index in [1.165, 1.54) is 35.5 Å². The zero-order valence-corrected chi connectivity index (χ0v) is 10.8. The molecule has 1 heterocycles. The van der Waals surface area contributed by atoms with Gasteiger partial charge in [0.1, 0.15) is 0 Å². The van der Waals surface area contributed by atoms with Crippen LogP contribution in [0.5, 0.6) is 0 Å². The number of thioether (sulfide) groups is 1. The first-order valence-electron chi connectivity index (χ1n) is 6.21. The molecule has 0 spiro atoms. The third-order valence-corrected chi connectivity index (χ3v) is 4.26. The standard InChI is InChI=1S/C14H20OS/c1-2-3-6-9-15-10-12-11-16-14-8-5-4-7-13(12)14/h4-5,7-8,12H,2-3,6,9-11H2,1H3. The summed E-state index contributed by atoms with van der Waals surface area (Å²) in [4.78, 5) is 1.45. The van der Waals surface area contributed by atoms with E-state index < -0.39 is 0 Å². The lowest BCUT2D eigenvalue weighted by atomic mass is 10.0. The Morgan fingerprint density at radius 3 is 3.06 bits per heavy atom. The fourth-order valence-corrected chi connectivity index (χ4v) is 3.28. The highest BCUT2D eigenvalue weighted by atomic mass is 32.2. The van der Waals surface area contributed by atoms with Crippen molar-refractivity contribution in [3.63, 3.8) is 0 Å². The molecule has 0 aromatic heterocycles. The molecular weight excluding hydrogens is 216 g/mol. The van der Waals surface area contributed by atoms with Gasteiger partial charge in [0, 0.05) is 23.2 Å². The van der Waals surface area contributed by atoms with Crippen LogP contribution in [0.15, 0.2) is 29.2 Å². The van der Waals surface area contributed by atoms with Gasteiger partial charge in [-0.15, -0.1) is 11.8 Å². The van der Waals surface area contributed by atoms with E-state index in [9.17, 15) is 0 Å². The quantitative estimate of drug-likeness (QED) is 0.688. The van der Waals surface area contributed by atoms with Crippen LogP contribution in [0.4, 0.5) is 0 Å². The Balaban J connectivity index is 1.76. The molecule has 1 aromatic rings. The molecule has 0 bridgehead atoms. The van der Waals surface area contributed by atoms with Crippen molar-refractivity contribution in [3.8, 4) is 0 Å². The largest absolute Gasteiger partial charge is 0.381 e. The van der Waals surface area contributed by atoms with Crippen molar-refractivity contribution in [3.05, 3.63) is 29.8 Å². The molecule has 1 unspecified atom stereocenters. The number of rotatable bonds is 6. The highest BCUT2D eigenvalue weighted by Gasteiger charge is 2.22. The van der Waals surface area contributed by atoms with Gasteiger partial charge in [0.2, 0.25) is 0 Å². The Bertz CT molecular complexity index is 324. The second-order valence-corrected chi connectivity index (χ2v) is 5.39. The van der Waals surface area contributed by atoms with Crippen molar-refractivity contribution < 1.29 is 4.74 Å². The minimum absolute atomic E-state index is 0.614. The summed E-state index contributed by atoms with van der Waals surface area (Å²) < 4.78 is 5.76. The van der Waals surface area contributed by atoms with Gasteiger partial charge in [-0.1, -0.05) is 38.0 Å². The van der Waals surface area contributed by atoms with E-state index in [-0.39, 0.29) is 0 Å². The van der Waals surface area contributed by atoms with Crippen LogP contribution >= 0.6 is 11.8 Å². The molecule has 0 fully saturated rings. The maximum atomic E-state index is 5.76. The van der Waals surface area contributed by atoms with Crippen LogP contribution in [-0.4, -0.2) is 19.0 Å². The molecule has 0 amide bonds. The number of hydrogen-bond acceptors (Lipinski definition) is 2. The zero-order chi connectivity index (χ0) is 11.2. The van der Waals surface area contributed by atoms with Crippen LogP contribution in [0.2, 0.25) is 0 Å². The summed E-state index contributed by atoms with van der Waals surface area (Å²) in [6, 6.07) is 8.72. The molecule has 2 rings (SSSR count). The molecule has 1 nitrogen and oxygen atoms in total. The van der Waals surface area contributed by atoms with E-state index in [0.717, 1.165) is 13.2 Å². The van der Waals surface area contributed by atoms with Crippen molar-refractivity contribution in [2.75, 3.05) is 19.0 Å². The SMILES string of the molecule is CCCCCOCC1CSc2ccccc21. The summed E-state index contributed by atoms with van der Waals surface area (Å²) in [5.41, 5.74) is 1.49. The van der Waals surface area contributed by atoms with Gasteiger partial charge in [0.15, 0.2) is 0 Å². The smallest absolute Gasteiger partial charge is 0.0543 e.